The Balaban J connectivity index is 2.54. The number of hydrogen-bond donors (Lipinski definition) is 0. The maximum Gasteiger partial charge on any atom is 0.376 e. The second kappa shape index (κ2) is 1.77. The van der Waals surface area contributed by atoms with E-state index < -0.39 is 0 Å². The van der Waals surface area contributed by atoms with E-state index in [0.29, 0.717) is 7.48 Å². The second-order valence-electron chi connectivity index (χ2n) is 1.95. The summed E-state index contributed by atoms with van der Waals surface area (Å²) in [6, 6.07) is 7.77. The highest BCUT2D eigenvalue weighted by atomic mass is 17.2. The summed E-state index contributed by atoms with van der Waals surface area (Å²) < 4.78 is 0. The molecule has 0 radical (unpaired) electrons. The SMILES string of the molecule is B1OOc2ccccc21. The molecule has 9 heavy (non-hydrogen) atoms. The van der Waals surface area contributed by atoms with Crippen molar-refractivity contribution in [3.8, 4) is 5.75 Å². The Bertz CT molecular complexity index is 201. The summed E-state index contributed by atoms with van der Waals surface area (Å²) in [5.41, 5.74) is 1.12. The van der Waals surface area contributed by atoms with E-state index in [1.165, 1.54) is 0 Å². The van der Waals surface area contributed by atoms with Gasteiger partial charge >= 0.3 is 7.48 Å². The molecule has 0 aromatic heterocycles. The number of fused-ring (bicyclic) bond motifs is 1. The Hall–Kier alpha value is -0.955. The van der Waals surface area contributed by atoms with Crippen LogP contribution in [0.5, 0.6) is 5.75 Å². The normalized spacial score (nSPS) is 13.8. The van der Waals surface area contributed by atoms with Crippen molar-refractivity contribution in [3.05, 3.63) is 24.3 Å². The van der Waals surface area contributed by atoms with Crippen molar-refractivity contribution in [1.29, 1.82) is 0 Å². The molecule has 0 saturated heterocycles. The molecule has 0 spiro atoms. The van der Waals surface area contributed by atoms with Crippen LogP contribution in [0.2, 0.25) is 0 Å². The average Bonchev–Trinajstić information content (AvgIpc) is 2.33. The summed E-state index contributed by atoms with van der Waals surface area (Å²) in [7, 11) is 0.580. The smallest absolute Gasteiger partial charge is 0.354 e. The Morgan fingerprint density at radius 1 is 1.22 bits per heavy atom. The molecule has 1 aliphatic heterocycles. The van der Waals surface area contributed by atoms with Gasteiger partial charge in [0.1, 0.15) is 0 Å². The average molecular weight is 120 g/mol. The van der Waals surface area contributed by atoms with E-state index in [0.717, 1.165) is 11.2 Å². The Morgan fingerprint density at radius 2 is 2.11 bits per heavy atom. The summed E-state index contributed by atoms with van der Waals surface area (Å²) in [6.45, 7) is 0. The first-order valence-corrected chi connectivity index (χ1v) is 2.84. The summed E-state index contributed by atoms with van der Waals surface area (Å²) in [5.74, 6) is 0.845. The molecule has 1 aromatic rings. The summed E-state index contributed by atoms with van der Waals surface area (Å²) in [6.07, 6.45) is 0. The third kappa shape index (κ3) is 0.696. The van der Waals surface area contributed by atoms with Crippen molar-refractivity contribution in [2.75, 3.05) is 0 Å². The van der Waals surface area contributed by atoms with Gasteiger partial charge in [-0.25, -0.2) is 0 Å². The zero-order chi connectivity index (χ0) is 6.10. The third-order valence-corrected chi connectivity index (χ3v) is 1.34. The van der Waals surface area contributed by atoms with E-state index >= 15 is 0 Å². The van der Waals surface area contributed by atoms with Gasteiger partial charge in [-0.15, -0.1) is 0 Å². The fourth-order valence-corrected chi connectivity index (χ4v) is 0.861. The van der Waals surface area contributed by atoms with Gasteiger partial charge in [0.15, 0.2) is 5.75 Å². The lowest BCUT2D eigenvalue weighted by atomic mass is 9.89. The molecule has 0 bridgehead atoms. The Kier molecular flexibility index (Phi) is 0.962. The van der Waals surface area contributed by atoms with Crippen LogP contribution >= 0.6 is 0 Å². The maximum absolute atomic E-state index is 4.80. The number of rotatable bonds is 0. The molecular weight excluding hydrogens is 115 g/mol. The molecule has 44 valence electrons. The van der Waals surface area contributed by atoms with Gasteiger partial charge in [0.05, 0.1) is 0 Å². The molecule has 3 heteroatoms. The summed E-state index contributed by atoms with van der Waals surface area (Å²) in [4.78, 5) is 9.51. The minimum Gasteiger partial charge on any atom is -0.354 e. The fourth-order valence-electron chi connectivity index (χ4n) is 0.861. The number of hydrogen-bond acceptors (Lipinski definition) is 2. The van der Waals surface area contributed by atoms with Crippen molar-refractivity contribution in [3.63, 3.8) is 0 Å². The van der Waals surface area contributed by atoms with Crippen LogP contribution in [0.15, 0.2) is 24.3 Å². The van der Waals surface area contributed by atoms with Crippen molar-refractivity contribution >= 4 is 12.9 Å². The molecular formula is C6H5BO2. The minimum atomic E-state index is 0.580. The third-order valence-electron chi connectivity index (χ3n) is 1.34. The van der Waals surface area contributed by atoms with E-state index in [4.69, 9.17) is 9.69 Å². The fraction of sp³-hybridized carbons (Fsp3) is 0. The predicted molar refractivity (Wildman–Crippen MR) is 34.9 cm³/mol. The molecule has 0 saturated carbocycles. The van der Waals surface area contributed by atoms with Gasteiger partial charge in [-0.1, -0.05) is 18.2 Å². The van der Waals surface area contributed by atoms with Crippen LogP contribution in [-0.2, 0) is 4.81 Å². The molecule has 0 fully saturated rings. The zero-order valence-corrected chi connectivity index (χ0v) is 4.83. The van der Waals surface area contributed by atoms with E-state index in [9.17, 15) is 0 Å². The maximum atomic E-state index is 4.80. The van der Waals surface area contributed by atoms with Gasteiger partial charge < -0.3 is 4.89 Å². The lowest BCUT2D eigenvalue weighted by Crippen LogP contribution is -2.06. The molecule has 0 N–H and O–H groups in total. The lowest BCUT2D eigenvalue weighted by molar-refractivity contribution is -0.0860. The monoisotopic (exact) mass is 120 g/mol. The van der Waals surface area contributed by atoms with Crippen LogP contribution in [0.4, 0.5) is 0 Å². The van der Waals surface area contributed by atoms with Gasteiger partial charge in [0.25, 0.3) is 0 Å². The lowest BCUT2D eigenvalue weighted by Gasteiger charge is -1.91. The van der Waals surface area contributed by atoms with Gasteiger partial charge in [0.2, 0.25) is 0 Å². The molecule has 1 heterocycles. The summed E-state index contributed by atoms with van der Waals surface area (Å²) >= 11 is 0. The molecule has 0 aliphatic carbocycles. The Labute approximate surface area is 53.6 Å². The predicted octanol–water partition coefficient (Wildman–Crippen LogP) is -0.0126. The topological polar surface area (TPSA) is 18.5 Å². The van der Waals surface area contributed by atoms with Crippen LogP contribution in [0.1, 0.15) is 0 Å². The zero-order valence-electron chi connectivity index (χ0n) is 4.83. The molecule has 1 aromatic carbocycles. The highest BCUT2D eigenvalue weighted by Crippen LogP contribution is 2.10. The van der Waals surface area contributed by atoms with E-state index in [2.05, 4.69) is 0 Å². The first kappa shape index (κ1) is 4.88. The van der Waals surface area contributed by atoms with Crippen molar-refractivity contribution in [2.45, 2.75) is 0 Å². The molecule has 0 unspecified atom stereocenters. The molecule has 2 rings (SSSR count). The van der Waals surface area contributed by atoms with Gasteiger partial charge in [0, 0.05) is 0 Å². The van der Waals surface area contributed by atoms with Crippen LogP contribution in [-0.4, -0.2) is 7.48 Å². The molecule has 0 atom stereocenters. The standard InChI is InChI=1S/C6H5BO2/c1-2-4-6-5(3-1)7-9-8-6/h1-4,7H. The van der Waals surface area contributed by atoms with E-state index in [1.807, 2.05) is 24.3 Å². The molecule has 2 nitrogen and oxygen atoms in total. The second-order valence-corrected chi connectivity index (χ2v) is 1.95. The van der Waals surface area contributed by atoms with Gasteiger partial charge in [-0.2, -0.15) is 0 Å². The van der Waals surface area contributed by atoms with Gasteiger partial charge in [-0.3, -0.25) is 4.81 Å². The largest absolute Gasteiger partial charge is 0.376 e. The number of para-hydroxylation sites is 1. The van der Waals surface area contributed by atoms with E-state index in [1.54, 1.807) is 0 Å². The minimum absolute atomic E-state index is 0.580. The Morgan fingerprint density at radius 3 is 3.00 bits per heavy atom. The van der Waals surface area contributed by atoms with Crippen LogP contribution < -0.4 is 10.4 Å². The van der Waals surface area contributed by atoms with Crippen molar-refractivity contribution in [2.24, 2.45) is 0 Å². The quantitative estimate of drug-likeness (QED) is 0.354. The summed E-state index contributed by atoms with van der Waals surface area (Å²) in [5, 5.41) is 0. The first-order chi connectivity index (χ1) is 4.47. The molecule has 0 amide bonds. The van der Waals surface area contributed by atoms with Crippen LogP contribution in [0.3, 0.4) is 0 Å². The first-order valence-electron chi connectivity index (χ1n) is 2.84. The highest BCUT2D eigenvalue weighted by molar-refractivity contribution is 6.49. The number of benzene rings is 1. The van der Waals surface area contributed by atoms with Crippen molar-refractivity contribution < 1.29 is 9.69 Å². The van der Waals surface area contributed by atoms with E-state index in [-0.39, 0.29) is 0 Å². The van der Waals surface area contributed by atoms with Crippen molar-refractivity contribution in [1.82, 2.24) is 0 Å². The van der Waals surface area contributed by atoms with Crippen LogP contribution in [0.25, 0.3) is 0 Å². The highest BCUT2D eigenvalue weighted by Gasteiger charge is 2.13. The van der Waals surface area contributed by atoms with Crippen LogP contribution in [0, 0.1) is 0 Å². The van der Waals surface area contributed by atoms with Gasteiger partial charge in [-0.05, 0) is 11.5 Å². The molecule has 1 aliphatic rings.